The van der Waals surface area contributed by atoms with E-state index in [1.165, 1.54) is 12.1 Å². The van der Waals surface area contributed by atoms with E-state index in [2.05, 4.69) is 10.6 Å². The molecule has 4 rings (SSSR count). The highest BCUT2D eigenvalue weighted by molar-refractivity contribution is 5.85. The van der Waals surface area contributed by atoms with Crippen molar-refractivity contribution in [2.45, 2.75) is 0 Å². The molecule has 25 heavy (non-hydrogen) atoms. The third-order valence-corrected chi connectivity index (χ3v) is 3.87. The number of nitrogens with zero attached hydrogens (tertiary/aromatic N) is 2. The van der Waals surface area contributed by atoms with Crippen molar-refractivity contribution in [1.29, 1.82) is 0 Å². The van der Waals surface area contributed by atoms with Crippen molar-refractivity contribution in [3.63, 3.8) is 0 Å². The fourth-order valence-corrected chi connectivity index (χ4v) is 2.79. The second kappa shape index (κ2) is 7.32. The van der Waals surface area contributed by atoms with Crippen LogP contribution in [0.15, 0.2) is 78.9 Å². The second-order valence-corrected chi connectivity index (χ2v) is 5.52. The van der Waals surface area contributed by atoms with E-state index in [4.69, 9.17) is 4.98 Å². The molecule has 124 valence electrons. The third-order valence-electron chi connectivity index (χ3n) is 3.87. The Hall–Kier alpha value is -2.91. The Balaban J connectivity index is 0.00000182. The summed E-state index contributed by atoms with van der Waals surface area (Å²) >= 11 is 0. The van der Waals surface area contributed by atoms with E-state index < -0.39 is 0 Å². The minimum absolute atomic E-state index is 0. The second-order valence-electron chi connectivity index (χ2n) is 5.52. The summed E-state index contributed by atoms with van der Waals surface area (Å²) in [4.78, 5) is 4.71. The first-order chi connectivity index (χ1) is 11.8. The minimum Gasteiger partial charge on any atom is -0.293 e. The highest BCUT2D eigenvalue weighted by atomic mass is 35.5. The number of aromatic nitrogens is 2. The average Bonchev–Trinajstić information content (AvgIpc) is 2.99. The Kier molecular flexibility index (Phi) is 4.96. The summed E-state index contributed by atoms with van der Waals surface area (Å²) < 4.78 is 15.5. The van der Waals surface area contributed by atoms with Crippen LogP contribution in [0.4, 0.5) is 4.39 Å². The van der Waals surface area contributed by atoms with Crippen LogP contribution in [-0.2, 0) is 0 Å². The molecule has 0 unspecified atom stereocenters. The first kappa shape index (κ1) is 16.9. The van der Waals surface area contributed by atoms with Crippen molar-refractivity contribution in [3.8, 4) is 5.69 Å². The lowest BCUT2D eigenvalue weighted by Gasteiger charge is -2.06. The molecule has 0 saturated heterocycles. The van der Waals surface area contributed by atoms with Crippen molar-refractivity contribution < 1.29 is 4.39 Å². The Bertz CT molecular complexity index is 1020. The molecule has 0 spiro atoms. The summed E-state index contributed by atoms with van der Waals surface area (Å²) in [6.45, 7) is 0. The van der Waals surface area contributed by atoms with Crippen molar-refractivity contribution in [2.24, 2.45) is 0 Å². The smallest absolute Gasteiger partial charge is 0.138 e. The number of para-hydroxylation sites is 3. The number of rotatable bonds is 3. The van der Waals surface area contributed by atoms with Crippen molar-refractivity contribution in [2.75, 3.05) is 0 Å². The van der Waals surface area contributed by atoms with Crippen LogP contribution >= 0.6 is 12.4 Å². The van der Waals surface area contributed by atoms with Gasteiger partial charge in [-0.2, -0.15) is 0 Å². The molecule has 0 aliphatic rings. The number of benzene rings is 3. The molecule has 0 amide bonds. The van der Waals surface area contributed by atoms with Gasteiger partial charge in [-0.25, -0.2) is 9.37 Å². The maximum Gasteiger partial charge on any atom is 0.138 e. The van der Waals surface area contributed by atoms with Gasteiger partial charge in [0.15, 0.2) is 0 Å². The van der Waals surface area contributed by atoms with Crippen molar-refractivity contribution in [3.05, 3.63) is 96.1 Å². The number of hydrogen-bond donors (Lipinski definition) is 0. The fraction of sp³-hybridized carbons (Fsp3) is 0. The molecule has 1 aromatic heterocycles. The molecule has 0 aliphatic heterocycles. The average molecular weight is 351 g/mol. The van der Waals surface area contributed by atoms with Gasteiger partial charge < -0.3 is 0 Å². The zero-order chi connectivity index (χ0) is 16.4. The predicted molar refractivity (Wildman–Crippen MR) is 104 cm³/mol. The fourth-order valence-electron chi connectivity index (χ4n) is 2.79. The Morgan fingerprint density at radius 2 is 1.56 bits per heavy atom. The van der Waals surface area contributed by atoms with Crippen LogP contribution in [0.1, 0.15) is 11.4 Å². The molecule has 4 heteroatoms. The lowest BCUT2D eigenvalue weighted by atomic mass is 10.2. The lowest BCUT2D eigenvalue weighted by molar-refractivity contribution is 0.627. The SMILES string of the molecule is Cl.Fc1cccc(/C=C/c2nc3ccccc3n2-c2ccccc2)c1. The predicted octanol–water partition coefficient (Wildman–Crippen LogP) is 5.76. The van der Waals surface area contributed by atoms with Crippen LogP contribution < -0.4 is 0 Å². The van der Waals surface area contributed by atoms with Gasteiger partial charge in [-0.05, 0) is 48.0 Å². The molecule has 0 radical (unpaired) electrons. The number of fused-ring (bicyclic) bond motifs is 1. The highest BCUT2D eigenvalue weighted by Crippen LogP contribution is 2.22. The molecule has 0 atom stereocenters. The van der Waals surface area contributed by atoms with E-state index in [9.17, 15) is 4.39 Å². The van der Waals surface area contributed by atoms with Crippen LogP contribution in [0.5, 0.6) is 0 Å². The van der Waals surface area contributed by atoms with E-state index in [0.29, 0.717) is 0 Å². The van der Waals surface area contributed by atoms with Crippen LogP contribution in [0, 0.1) is 5.82 Å². The van der Waals surface area contributed by atoms with Crippen LogP contribution in [0.3, 0.4) is 0 Å². The van der Waals surface area contributed by atoms with Gasteiger partial charge in [-0.1, -0.05) is 48.5 Å². The molecule has 2 nitrogen and oxygen atoms in total. The van der Waals surface area contributed by atoms with Crippen LogP contribution in [-0.4, -0.2) is 9.55 Å². The molecule has 1 heterocycles. The van der Waals surface area contributed by atoms with Gasteiger partial charge in [0.05, 0.1) is 11.0 Å². The zero-order valence-corrected chi connectivity index (χ0v) is 14.2. The van der Waals surface area contributed by atoms with Gasteiger partial charge in [0.1, 0.15) is 11.6 Å². The summed E-state index contributed by atoms with van der Waals surface area (Å²) in [5.74, 6) is 0.570. The van der Waals surface area contributed by atoms with Gasteiger partial charge in [0.2, 0.25) is 0 Å². The van der Waals surface area contributed by atoms with Crippen molar-refractivity contribution in [1.82, 2.24) is 9.55 Å². The quantitative estimate of drug-likeness (QED) is 0.459. The van der Waals surface area contributed by atoms with E-state index in [1.807, 2.05) is 66.7 Å². The highest BCUT2D eigenvalue weighted by Gasteiger charge is 2.09. The maximum atomic E-state index is 13.3. The van der Waals surface area contributed by atoms with Gasteiger partial charge >= 0.3 is 0 Å². The first-order valence-corrected chi connectivity index (χ1v) is 7.78. The summed E-state index contributed by atoms with van der Waals surface area (Å²) in [6.07, 6.45) is 3.80. The van der Waals surface area contributed by atoms with Crippen molar-refractivity contribution >= 4 is 35.6 Å². The van der Waals surface area contributed by atoms with Gasteiger partial charge in [-0.3, -0.25) is 4.57 Å². The first-order valence-electron chi connectivity index (χ1n) is 7.78. The lowest BCUT2D eigenvalue weighted by Crippen LogP contribution is -1.96. The molecule has 3 aromatic carbocycles. The minimum atomic E-state index is -0.242. The molecular formula is C21H16ClFN2. The van der Waals surface area contributed by atoms with Crippen LogP contribution in [0.25, 0.3) is 28.9 Å². The van der Waals surface area contributed by atoms with Gasteiger partial charge in [0, 0.05) is 5.69 Å². The molecule has 0 fully saturated rings. The summed E-state index contributed by atoms with van der Waals surface area (Å²) in [5.41, 5.74) is 3.83. The molecule has 4 aromatic rings. The van der Waals surface area contributed by atoms with Gasteiger partial charge in [-0.15, -0.1) is 12.4 Å². The van der Waals surface area contributed by atoms with E-state index in [0.717, 1.165) is 28.1 Å². The molecule has 0 bridgehead atoms. The Labute approximate surface area is 151 Å². The summed E-state index contributed by atoms with van der Waals surface area (Å²) in [5, 5.41) is 0. The monoisotopic (exact) mass is 350 g/mol. The normalized spacial score (nSPS) is 10.9. The van der Waals surface area contributed by atoms with E-state index in [-0.39, 0.29) is 18.2 Å². The molecule has 0 saturated carbocycles. The topological polar surface area (TPSA) is 17.8 Å². The molecular weight excluding hydrogens is 335 g/mol. The standard InChI is InChI=1S/C21H15FN2.ClH/c22-17-8-6-7-16(15-17)13-14-21-23-19-11-4-5-12-20(19)24(21)18-9-2-1-3-10-18;/h1-15H;1H/b14-13+;. The van der Waals surface area contributed by atoms with E-state index in [1.54, 1.807) is 6.07 Å². The largest absolute Gasteiger partial charge is 0.293 e. The summed E-state index contributed by atoms with van der Waals surface area (Å²) in [6, 6.07) is 24.6. The molecule has 0 aliphatic carbocycles. The zero-order valence-electron chi connectivity index (χ0n) is 13.3. The summed E-state index contributed by atoms with van der Waals surface area (Å²) in [7, 11) is 0. The Morgan fingerprint density at radius 1 is 0.800 bits per heavy atom. The third kappa shape index (κ3) is 3.47. The number of halogens is 2. The Morgan fingerprint density at radius 3 is 2.36 bits per heavy atom. The maximum absolute atomic E-state index is 13.3. The number of imidazole rings is 1. The van der Waals surface area contributed by atoms with Crippen LogP contribution in [0.2, 0.25) is 0 Å². The molecule has 0 N–H and O–H groups in total. The van der Waals surface area contributed by atoms with Gasteiger partial charge in [0.25, 0.3) is 0 Å². The number of hydrogen-bond acceptors (Lipinski definition) is 1. The van der Waals surface area contributed by atoms with E-state index >= 15 is 0 Å².